The van der Waals surface area contributed by atoms with E-state index in [0.717, 1.165) is 12.8 Å². The molecule has 1 atom stereocenters. The maximum absolute atomic E-state index is 11.6. The molecule has 0 aliphatic carbocycles. The highest BCUT2D eigenvalue weighted by Crippen LogP contribution is 2.07. The largest absolute Gasteiger partial charge is 0.451 e. The molecule has 0 radical (unpaired) electrons. The van der Waals surface area contributed by atoms with Crippen molar-refractivity contribution < 1.29 is 14.3 Å². The highest BCUT2D eigenvalue weighted by atomic mass is 16.5. The minimum Gasteiger partial charge on any atom is -0.451 e. The molecule has 0 amide bonds. The van der Waals surface area contributed by atoms with Crippen LogP contribution in [0, 0.1) is 0 Å². The molecular formula is C13H16O3. The smallest absolute Gasteiger partial charge is 0.338 e. The van der Waals surface area contributed by atoms with Crippen LogP contribution in [0.5, 0.6) is 0 Å². The summed E-state index contributed by atoms with van der Waals surface area (Å²) in [6, 6.07) is 8.69. The first-order chi connectivity index (χ1) is 7.77. The van der Waals surface area contributed by atoms with Gasteiger partial charge in [-0.25, -0.2) is 4.79 Å². The third-order valence-corrected chi connectivity index (χ3v) is 2.26. The molecule has 3 nitrogen and oxygen atoms in total. The molecule has 16 heavy (non-hydrogen) atoms. The average molecular weight is 220 g/mol. The van der Waals surface area contributed by atoms with Gasteiger partial charge in [-0.15, -0.1) is 0 Å². The van der Waals surface area contributed by atoms with Crippen molar-refractivity contribution in [1.29, 1.82) is 0 Å². The van der Waals surface area contributed by atoms with Gasteiger partial charge < -0.3 is 4.74 Å². The van der Waals surface area contributed by atoms with Crippen molar-refractivity contribution in [1.82, 2.24) is 0 Å². The third kappa shape index (κ3) is 3.85. The molecule has 1 aromatic rings. The molecule has 0 aliphatic rings. The Kier molecular flexibility index (Phi) is 5.26. The molecule has 0 spiro atoms. The summed E-state index contributed by atoms with van der Waals surface area (Å²) in [4.78, 5) is 22.3. The normalized spacial score (nSPS) is 11.8. The van der Waals surface area contributed by atoms with Crippen molar-refractivity contribution in [3.05, 3.63) is 35.9 Å². The van der Waals surface area contributed by atoms with Crippen molar-refractivity contribution in [3.63, 3.8) is 0 Å². The Morgan fingerprint density at radius 2 is 2.06 bits per heavy atom. The van der Waals surface area contributed by atoms with Crippen LogP contribution in [0.1, 0.15) is 36.5 Å². The molecule has 0 unspecified atom stereocenters. The van der Waals surface area contributed by atoms with E-state index in [0.29, 0.717) is 18.3 Å². The highest BCUT2D eigenvalue weighted by Gasteiger charge is 2.14. The standard InChI is InChI=1S/C13H16O3/c1-2-3-9-12(10-14)16-13(15)11-7-5-4-6-8-11/h4-8,10,12H,2-3,9H2,1H3/t12-/m1/s1. The second kappa shape index (κ2) is 6.77. The summed E-state index contributed by atoms with van der Waals surface area (Å²) in [6.07, 6.45) is 2.53. The molecule has 0 aliphatic heterocycles. The zero-order chi connectivity index (χ0) is 11.8. The number of rotatable bonds is 6. The molecule has 0 aromatic heterocycles. The van der Waals surface area contributed by atoms with Gasteiger partial charge >= 0.3 is 5.97 Å². The van der Waals surface area contributed by atoms with Crippen LogP contribution < -0.4 is 0 Å². The predicted molar refractivity (Wildman–Crippen MR) is 61.2 cm³/mol. The number of benzene rings is 1. The van der Waals surface area contributed by atoms with E-state index in [9.17, 15) is 9.59 Å². The van der Waals surface area contributed by atoms with Crippen molar-refractivity contribution in [2.45, 2.75) is 32.3 Å². The monoisotopic (exact) mass is 220 g/mol. The Balaban J connectivity index is 2.52. The van der Waals surface area contributed by atoms with Gasteiger partial charge in [0.15, 0.2) is 12.4 Å². The summed E-state index contributed by atoms with van der Waals surface area (Å²) in [5, 5.41) is 0. The van der Waals surface area contributed by atoms with E-state index in [4.69, 9.17) is 4.74 Å². The van der Waals surface area contributed by atoms with E-state index in [1.165, 1.54) is 0 Å². The van der Waals surface area contributed by atoms with Crippen LogP contribution in [-0.4, -0.2) is 18.4 Å². The summed E-state index contributed by atoms with van der Waals surface area (Å²) in [5.41, 5.74) is 0.478. The maximum Gasteiger partial charge on any atom is 0.338 e. The zero-order valence-corrected chi connectivity index (χ0v) is 9.39. The number of aldehydes is 1. The number of esters is 1. The summed E-state index contributed by atoms with van der Waals surface area (Å²) in [6.45, 7) is 2.03. The SMILES string of the molecule is CCCC[C@H](C=O)OC(=O)c1ccccc1. The molecule has 0 saturated carbocycles. The van der Waals surface area contributed by atoms with Gasteiger partial charge in [-0.05, 0) is 25.0 Å². The lowest BCUT2D eigenvalue weighted by Crippen LogP contribution is -2.19. The molecule has 86 valence electrons. The predicted octanol–water partition coefficient (Wildman–Crippen LogP) is 2.60. The van der Waals surface area contributed by atoms with E-state index in [2.05, 4.69) is 0 Å². The maximum atomic E-state index is 11.6. The highest BCUT2D eigenvalue weighted by molar-refractivity contribution is 5.90. The Morgan fingerprint density at radius 3 is 2.62 bits per heavy atom. The first-order valence-corrected chi connectivity index (χ1v) is 5.49. The van der Waals surface area contributed by atoms with E-state index in [-0.39, 0.29) is 0 Å². The second-order valence-electron chi connectivity index (χ2n) is 3.59. The second-order valence-corrected chi connectivity index (χ2v) is 3.59. The van der Waals surface area contributed by atoms with Gasteiger partial charge in [0, 0.05) is 0 Å². The lowest BCUT2D eigenvalue weighted by molar-refractivity contribution is -0.115. The van der Waals surface area contributed by atoms with Gasteiger partial charge in [0.05, 0.1) is 5.56 Å². The Labute approximate surface area is 95.4 Å². The number of carbonyl (C=O) groups excluding carboxylic acids is 2. The van der Waals surface area contributed by atoms with E-state index in [1.54, 1.807) is 24.3 Å². The van der Waals surface area contributed by atoms with Crippen LogP contribution in [0.15, 0.2) is 30.3 Å². The van der Waals surface area contributed by atoms with Crippen molar-refractivity contribution in [2.75, 3.05) is 0 Å². The number of ether oxygens (including phenoxy) is 1. The summed E-state index contributed by atoms with van der Waals surface area (Å²) >= 11 is 0. The Morgan fingerprint density at radius 1 is 1.38 bits per heavy atom. The van der Waals surface area contributed by atoms with Crippen molar-refractivity contribution >= 4 is 12.3 Å². The lowest BCUT2D eigenvalue weighted by atomic mass is 10.2. The van der Waals surface area contributed by atoms with Crippen LogP contribution in [0.2, 0.25) is 0 Å². The van der Waals surface area contributed by atoms with Gasteiger partial charge in [0.25, 0.3) is 0 Å². The first-order valence-electron chi connectivity index (χ1n) is 5.49. The average Bonchev–Trinajstić information content (AvgIpc) is 2.35. The minimum absolute atomic E-state index is 0.436. The van der Waals surface area contributed by atoms with Gasteiger partial charge in [0.1, 0.15) is 0 Å². The minimum atomic E-state index is -0.618. The Bertz CT molecular complexity index is 332. The molecule has 1 rings (SSSR count). The molecule has 1 aromatic carbocycles. The Hall–Kier alpha value is -1.64. The van der Waals surface area contributed by atoms with Gasteiger partial charge in [-0.3, -0.25) is 4.79 Å². The van der Waals surface area contributed by atoms with Crippen molar-refractivity contribution in [2.24, 2.45) is 0 Å². The molecular weight excluding hydrogens is 204 g/mol. The summed E-state index contributed by atoms with van der Waals surface area (Å²) in [7, 11) is 0. The van der Waals surface area contributed by atoms with Gasteiger partial charge in [0.2, 0.25) is 0 Å². The van der Waals surface area contributed by atoms with E-state index >= 15 is 0 Å². The van der Waals surface area contributed by atoms with Crippen LogP contribution in [0.3, 0.4) is 0 Å². The van der Waals surface area contributed by atoms with Crippen LogP contribution in [-0.2, 0) is 9.53 Å². The zero-order valence-electron chi connectivity index (χ0n) is 9.39. The van der Waals surface area contributed by atoms with Crippen LogP contribution >= 0.6 is 0 Å². The summed E-state index contributed by atoms with van der Waals surface area (Å²) in [5.74, 6) is -0.436. The fraction of sp³-hybridized carbons (Fsp3) is 0.385. The van der Waals surface area contributed by atoms with Crippen LogP contribution in [0.4, 0.5) is 0 Å². The van der Waals surface area contributed by atoms with Gasteiger partial charge in [-0.1, -0.05) is 31.5 Å². The summed E-state index contributed by atoms with van der Waals surface area (Å²) < 4.78 is 5.08. The fourth-order valence-corrected chi connectivity index (χ4v) is 1.34. The van der Waals surface area contributed by atoms with Crippen molar-refractivity contribution in [3.8, 4) is 0 Å². The number of hydrogen-bond acceptors (Lipinski definition) is 3. The van der Waals surface area contributed by atoms with E-state index < -0.39 is 12.1 Å². The lowest BCUT2D eigenvalue weighted by Gasteiger charge is -2.11. The first kappa shape index (κ1) is 12.4. The topological polar surface area (TPSA) is 43.4 Å². The molecule has 0 fully saturated rings. The number of hydrogen-bond donors (Lipinski definition) is 0. The van der Waals surface area contributed by atoms with Crippen LogP contribution in [0.25, 0.3) is 0 Å². The molecule has 0 saturated heterocycles. The molecule has 3 heteroatoms. The molecule has 0 N–H and O–H groups in total. The number of unbranched alkanes of at least 4 members (excludes halogenated alkanes) is 1. The number of carbonyl (C=O) groups is 2. The third-order valence-electron chi connectivity index (χ3n) is 2.26. The molecule has 0 heterocycles. The quantitative estimate of drug-likeness (QED) is 0.546. The molecule has 0 bridgehead atoms. The van der Waals surface area contributed by atoms with E-state index in [1.807, 2.05) is 13.0 Å². The fourth-order valence-electron chi connectivity index (χ4n) is 1.34. The van der Waals surface area contributed by atoms with Gasteiger partial charge in [-0.2, -0.15) is 0 Å².